The summed E-state index contributed by atoms with van der Waals surface area (Å²) in [6.45, 7) is 6.12. The molecule has 2 aromatic carbocycles. The molecular formula is C22H26ClN7O. The normalized spacial score (nSPS) is 14.5. The molecule has 0 spiro atoms. The van der Waals surface area contributed by atoms with Gasteiger partial charge in [0.1, 0.15) is 11.6 Å². The van der Waals surface area contributed by atoms with Crippen LogP contribution >= 0.6 is 11.6 Å². The van der Waals surface area contributed by atoms with E-state index in [-0.39, 0.29) is 5.95 Å². The van der Waals surface area contributed by atoms with E-state index in [0.717, 1.165) is 48.9 Å². The molecule has 8 nitrogen and oxygen atoms in total. The third kappa shape index (κ3) is 4.98. The van der Waals surface area contributed by atoms with Crippen molar-refractivity contribution in [3.8, 4) is 5.75 Å². The lowest BCUT2D eigenvalue weighted by molar-refractivity contribution is 0.243. The Bertz CT molecular complexity index is 1050. The Labute approximate surface area is 187 Å². The molecular weight excluding hydrogens is 414 g/mol. The smallest absolute Gasteiger partial charge is 0.232 e. The van der Waals surface area contributed by atoms with Crippen LogP contribution in [0, 0.1) is 6.92 Å². The summed E-state index contributed by atoms with van der Waals surface area (Å²) in [6.07, 6.45) is 0. The molecule has 9 heteroatoms. The van der Waals surface area contributed by atoms with Gasteiger partial charge in [-0.3, -0.25) is 4.90 Å². The van der Waals surface area contributed by atoms with Gasteiger partial charge in [-0.1, -0.05) is 29.8 Å². The zero-order valence-corrected chi connectivity index (χ0v) is 18.4. The van der Waals surface area contributed by atoms with Crippen LogP contribution in [-0.2, 0) is 6.54 Å². The summed E-state index contributed by atoms with van der Waals surface area (Å²) in [5.41, 5.74) is 8.84. The molecule has 0 aliphatic carbocycles. The number of ether oxygens (including phenoxy) is 1. The fourth-order valence-electron chi connectivity index (χ4n) is 3.67. The lowest BCUT2D eigenvalue weighted by atomic mass is 10.2. The molecule has 0 atom stereocenters. The predicted octanol–water partition coefficient (Wildman–Crippen LogP) is 3.49. The molecule has 1 saturated heterocycles. The maximum atomic E-state index is 6.21. The number of halogens is 1. The van der Waals surface area contributed by atoms with Crippen molar-refractivity contribution in [2.45, 2.75) is 13.5 Å². The van der Waals surface area contributed by atoms with E-state index in [1.54, 1.807) is 7.11 Å². The minimum atomic E-state index is 0.194. The van der Waals surface area contributed by atoms with Crippen LogP contribution in [0.4, 0.5) is 23.3 Å². The van der Waals surface area contributed by atoms with Crippen molar-refractivity contribution in [3.05, 3.63) is 58.9 Å². The molecule has 2 heterocycles. The van der Waals surface area contributed by atoms with Gasteiger partial charge in [0, 0.05) is 36.9 Å². The second kappa shape index (κ2) is 9.36. The molecule has 0 unspecified atom stereocenters. The van der Waals surface area contributed by atoms with Crippen LogP contribution in [0.25, 0.3) is 0 Å². The van der Waals surface area contributed by atoms with Crippen LogP contribution in [0.1, 0.15) is 11.4 Å². The number of nitrogens with two attached hydrogens (primary N) is 1. The van der Waals surface area contributed by atoms with E-state index in [4.69, 9.17) is 22.1 Å². The number of hydrogen-bond acceptors (Lipinski definition) is 8. The van der Waals surface area contributed by atoms with Crippen molar-refractivity contribution in [1.29, 1.82) is 0 Å². The van der Waals surface area contributed by atoms with Crippen molar-refractivity contribution in [2.75, 3.05) is 49.2 Å². The van der Waals surface area contributed by atoms with Gasteiger partial charge in [0.2, 0.25) is 11.9 Å². The Morgan fingerprint density at radius 3 is 2.58 bits per heavy atom. The summed E-state index contributed by atoms with van der Waals surface area (Å²) < 4.78 is 5.50. The second-order valence-electron chi connectivity index (χ2n) is 7.41. The highest BCUT2D eigenvalue weighted by molar-refractivity contribution is 6.31. The number of anilines is 4. The van der Waals surface area contributed by atoms with Crippen molar-refractivity contribution in [2.24, 2.45) is 0 Å². The van der Waals surface area contributed by atoms with E-state index in [9.17, 15) is 0 Å². The van der Waals surface area contributed by atoms with Gasteiger partial charge in [-0.15, -0.1) is 0 Å². The average Bonchev–Trinajstić information content (AvgIpc) is 2.77. The lowest BCUT2D eigenvalue weighted by Gasteiger charge is -2.36. The first-order chi connectivity index (χ1) is 15.0. The van der Waals surface area contributed by atoms with Crippen molar-refractivity contribution in [3.63, 3.8) is 0 Å². The van der Waals surface area contributed by atoms with Crippen LogP contribution < -0.4 is 20.7 Å². The van der Waals surface area contributed by atoms with Crippen LogP contribution in [0.15, 0.2) is 42.5 Å². The molecule has 0 amide bonds. The van der Waals surface area contributed by atoms with Gasteiger partial charge in [0.15, 0.2) is 0 Å². The Morgan fingerprint density at radius 1 is 1.03 bits per heavy atom. The number of para-hydroxylation sites is 2. The number of aromatic nitrogens is 3. The number of nitrogens with one attached hydrogen (secondary N) is 1. The van der Waals surface area contributed by atoms with Crippen LogP contribution in [0.5, 0.6) is 5.75 Å². The number of nitrogen functional groups attached to an aromatic ring is 1. The van der Waals surface area contributed by atoms with E-state index >= 15 is 0 Å². The van der Waals surface area contributed by atoms with Crippen molar-refractivity contribution >= 4 is 34.9 Å². The molecule has 162 valence electrons. The molecule has 4 rings (SSSR count). The minimum absolute atomic E-state index is 0.194. The Hall–Kier alpha value is -3.10. The number of nitrogens with zero attached hydrogens (tertiary/aromatic N) is 5. The number of methoxy groups -OCH3 is 1. The summed E-state index contributed by atoms with van der Waals surface area (Å²) in [5.74, 6) is 2.15. The highest BCUT2D eigenvalue weighted by atomic mass is 35.5. The SMILES string of the molecule is COc1ccccc1N1CCN(Cc2nc(N)nc(Nc3cccc(Cl)c3C)n2)CC1. The Kier molecular flexibility index (Phi) is 6.39. The molecule has 31 heavy (non-hydrogen) atoms. The molecule has 0 saturated carbocycles. The highest BCUT2D eigenvalue weighted by Gasteiger charge is 2.20. The topological polar surface area (TPSA) is 92.4 Å². The average molecular weight is 440 g/mol. The molecule has 1 aliphatic heterocycles. The second-order valence-corrected chi connectivity index (χ2v) is 7.81. The van der Waals surface area contributed by atoms with E-state index < -0.39 is 0 Å². The number of piperazine rings is 1. The highest BCUT2D eigenvalue weighted by Crippen LogP contribution is 2.29. The molecule has 3 aromatic rings. The quantitative estimate of drug-likeness (QED) is 0.603. The van der Waals surface area contributed by atoms with Crippen molar-refractivity contribution < 1.29 is 4.74 Å². The molecule has 0 radical (unpaired) electrons. The molecule has 1 fully saturated rings. The van der Waals surface area contributed by atoms with E-state index in [1.807, 2.05) is 43.3 Å². The third-order valence-corrected chi connectivity index (χ3v) is 5.79. The van der Waals surface area contributed by atoms with Gasteiger partial charge in [0.05, 0.1) is 19.3 Å². The van der Waals surface area contributed by atoms with Gasteiger partial charge < -0.3 is 20.7 Å². The molecule has 1 aromatic heterocycles. The fourth-order valence-corrected chi connectivity index (χ4v) is 3.84. The predicted molar refractivity (Wildman–Crippen MR) is 124 cm³/mol. The minimum Gasteiger partial charge on any atom is -0.495 e. The first-order valence-corrected chi connectivity index (χ1v) is 10.5. The summed E-state index contributed by atoms with van der Waals surface area (Å²) in [5, 5.41) is 3.89. The molecule has 1 aliphatic rings. The van der Waals surface area contributed by atoms with E-state index in [2.05, 4.69) is 36.1 Å². The summed E-state index contributed by atoms with van der Waals surface area (Å²) in [6, 6.07) is 13.8. The van der Waals surface area contributed by atoms with E-state index in [1.165, 1.54) is 0 Å². The zero-order valence-electron chi connectivity index (χ0n) is 17.7. The maximum absolute atomic E-state index is 6.21. The summed E-state index contributed by atoms with van der Waals surface area (Å²) in [4.78, 5) is 17.8. The van der Waals surface area contributed by atoms with Crippen LogP contribution in [0.2, 0.25) is 5.02 Å². The number of hydrogen-bond donors (Lipinski definition) is 2. The van der Waals surface area contributed by atoms with E-state index in [0.29, 0.717) is 23.3 Å². The van der Waals surface area contributed by atoms with Gasteiger partial charge in [0.25, 0.3) is 0 Å². The van der Waals surface area contributed by atoms with Gasteiger partial charge in [-0.25, -0.2) is 0 Å². The molecule has 0 bridgehead atoms. The number of rotatable bonds is 6. The van der Waals surface area contributed by atoms with Crippen LogP contribution in [0.3, 0.4) is 0 Å². The van der Waals surface area contributed by atoms with Crippen molar-refractivity contribution in [1.82, 2.24) is 19.9 Å². The first-order valence-electron chi connectivity index (χ1n) is 10.2. The number of benzene rings is 2. The van der Waals surface area contributed by atoms with Gasteiger partial charge in [-0.2, -0.15) is 15.0 Å². The first kappa shape index (κ1) is 21.1. The Balaban J connectivity index is 1.42. The monoisotopic (exact) mass is 439 g/mol. The largest absolute Gasteiger partial charge is 0.495 e. The lowest BCUT2D eigenvalue weighted by Crippen LogP contribution is -2.46. The van der Waals surface area contributed by atoms with Crippen LogP contribution in [-0.4, -0.2) is 53.1 Å². The fraction of sp³-hybridized carbons (Fsp3) is 0.318. The zero-order chi connectivity index (χ0) is 21.8. The van der Waals surface area contributed by atoms with Gasteiger partial charge >= 0.3 is 0 Å². The molecule has 3 N–H and O–H groups in total. The van der Waals surface area contributed by atoms with Gasteiger partial charge in [-0.05, 0) is 36.8 Å². The summed E-state index contributed by atoms with van der Waals surface area (Å²) >= 11 is 6.21. The standard InChI is InChI=1S/C22H26ClN7O/c1-15-16(23)6-5-7-17(15)25-22-27-20(26-21(24)28-22)14-29-10-12-30(13-11-29)18-8-3-4-9-19(18)31-2/h3-9H,10-14H2,1-2H3,(H3,24,25,26,27,28). The third-order valence-electron chi connectivity index (χ3n) is 5.38. The summed E-state index contributed by atoms with van der Waals surface area (Å²) in [7, 11) is 1.71. The maximum Gasteiger partial charge on any atom is 0.232 e. The Morgan fingerprint density at radius 2 is 1.81 bits per heavy atom.